The third-order valence-electron chi connectivity index (χ3n) is 4.34. The number of hydrogen-bond acceptors (Lipinski definition) is 2. The van der Waals surface area contributed by atoms with Crippen LogP contribution in [0.25, 0.3) is 0 Å². The monoisotopic (exact) mass is 298 g/mol. The lowest BCUT2D eigenvalue weighted by Gasteiger charge is -2.40. The van der Waals surface area contributed by atoms with Gasteiger partial charge in [0.05, 0.1) is 6.04 Å². The fourth-order valence-electron chi connectivity index (χ4n) is 3.11. The number of rotatable bonds is 5. The summed E-state index contributed by atoms with van der Waals surface area (Å²) in [5, 5.41) is 0. The summed E-state index contributed by atoms with van der Waals surface area (Å²) in [5.41, 5.74) is 2.56. The highest BCUT2D eigenvalue weighted by atomic mass is 19.1. The highest BCUT2D eigenvalue weighted by Crippen LogP contribution is 2.16. The molecule has 0 radical (unpaired) electrons. The second-order valence-corrected chi connectivity index (χ2v) is 5.98. The van der Waals surface area contributed by atoms with Gasteiger partial charge in [-0.25, -0.2) is 4.39 Å². The summed E-state index contributed by atoms with van der Waals surface area (Å²) in [6.07, 6.45) is 0. The van der Waals surface area contributed by atoms with Crippen molar-refractivity contribution in [3.63, 3.8) is 0 Å². The van der Waals surface area contributed by atoms with Gasteiger partial charge < -0.3 is 0 Å². The molecule has 2 nitrogen and oxygen atoms in total. The molecule has 2 aromatic carbocycles. The summed E-state index contributed by atoms with van der Waals surface area (Å²) < 4.78 is 13.5. The van der Waals surface area contributed by atoms with Gasteiger partial charge in [-0.3, -0.25) is 9.80 Å². The van der Waals surface area contributed by atoms with Gasteiger partial charge in [0, 0.05) is 32.7 Å². The molecule has 116 valence electrons. The van der Waals surface area contributed by atoms with Gasteiger partial charge >= 0.3 is 0 Å². The van der Waals surface area contributed by atoms with Crippen LogP contribution in [0, 0.1) is 0 Å². The molecule has 0 spiro atoms. The van der Waals surface area contributed by atoms with Crippen LogP contribution in [0.15, 0.2) is 60.7 Å². The Hall–Kier alpha value is -1.71. The van der Waals surface area contributed by atoms with Crippen molar-refractivity contribution in [2.45, 2.75) is 19.1 Å². The van der Waals surface area contributed by atoms with Crippen molar-refractivity contribution in [3.05, 3.63) is 71.8 Å². The average molecular weight is 298 g/mol. The highest BCUT2D eigenvalue weighted by molar-refractivity contribution is 5.16. The van der Waals surface area contributed by atoms with E-state index in [2.05, 4.69) is 46.2 Å². The third-order valence-corrected chi connectivity index (χ3v) is 4.34. The van der Waals surface area contributed by atoms with Crippen molar-refractivity contribution >= 4 is 0 Å². The normalized spacial score (nSPS) is 20.1. The van der Waals surface area contributed by atoms with Crippen molar-refractivity contribution < 1.29 is 4.39 Å². The molecule has 1 saturated heterocycles. The third kappa shape index (κ3) is 3.93. The fraction of sp³-hybridized carbons (Fsp3) is 0.368. The first-order chi connectivity index (χ1) is 10.8. The van der Waals surface area contributed by atoms with E-state index in [1.54, 1.807) is 0 Å². The standard InChI is InChI=1S/C19H23FN2/c20-13-19-16-21(14-17-7-3-1-4-8-17)11-12-22(19)15-18-9-5-2-6-10-18/h1-10,19H,11-16H2/t19-/m1/s1. The van der Waals surface area contributed by atoms with E-state index in [0.29, 0.717) is 0 Å². The maximum absolute atomic E-state index is 13.5. The second kappa shape index (κ2) is 7.52. The van der Waals surface area contributed by atoms with E-state index < -0.39 is 0 Å². The van der Waals surface area contributed by atoms with E-state index in [1.807, 2.05) is 24.3 Å². The first kappa shape index (κ1) is 15.2. The summed E-state index contributed by atoms with van der Waals surface area (Å²) in [5.74, 6) is 0. The molecule has 0 amide bonds. The van der Waals surface area contributed by atoms with Crippen molar-refractivity contribution in [1.29, 1.82) is 0 Å². The summed E-state index contributed by atoms with van der Waals surface area (Å²) in [4.78, 5) is 4.64. The van der Waals surface area contributed by atoms with Gasteiger partial charge in [-0.15, -0.1) is 0 Å². The molecular formula is C19H23FN2. The molecule has 1 aliphatic heterocycles. The minimum atomic E-state index is -0.280. The van der Waals surface area contributed by atoms with Gasteiger partial charge in [-0.05, 0) is 11.1 Å². The predicted octanol–water partition coefficient (Wildman–Crippen LogP) is 3.34. The summed E-state index contributed by atoms with van der Waals surface area (Å²) in [6, 6.07) is 20.8. The number of benzene rings is 2. The Morgan fingerprint density at radius 3 is 2.00 bits per heavy atom. The van der Waals surface area contributed by atoms with Gasteiger partial charge in [0.25, 0.3) is 0 Å². The lowest BCUT2D eigenvalue weighted by atomic mass is 10.1. The first-order valence-corrected chi connectivity index (χ1v) is 7.95. The summed E-state index contributed by atoms with van der Waals surface area (Å²) in [7, 11) is 0. The molecule has 0 unspecified atom stereocenters. The van der Waals surface area contributed by atoms with Crippen molar-refractivity contribution in [2.24, 2.45) is 0 Å². The Morgan fingerprint density at radius 2 is 1.41 bits per heavy atom. The summed E-state index contributed by atoms with van der Waals surface area (Å²) in [6.45, 7) is 4.20. The van der Waals surface area contributed by atoms with Crippen LogP contribution in [-0.2, 0) is 13.1 Å². The van der Waals surface area contributed by atoms with E-state index in [9.17, 15) is 4.39 Å². The lowest BCUT2D eigenvalue weighted by molar-refractivity contribution is 0.0505. The van der Waals surface area contributed by atoms with Crippen molar-refractivity contribution in [2.75, 3.05) is 26.3 Å². The molecule has 2 aromatic rings. The van der Waals surface area contributed by atoms with Gasteiger partial charge in [-0.2, -0.15) is 0 Å². The molecule has 22 heavy (non-hydrogen) atoms. The van der Waals surface area contributed by atoms with E-state index in [4.69, 9.17) is 0 Å². The number of piperazine rings is 1. The van der Waals surface area contributed by atoms with Crippen LogP contribution in [0.1, 0.15) is 11.1 Å². The molecule has 1 fully saturated rings. The Balaban J connectivity index is 1.59. The fourth-order valence-corrected chi connectivity index (χ4v) is 3.11. The molecule has 1 atom stereocenters. The van der Waals surface area contributed by atoms with E-state index in [-0.39, 0.29) is 12.7 Å². The molecule has 3 heteroatoms. The maximum atomic E-state index is 13.5. The van der Waals surface area contributed by atoms with Crippen LogP contribution >= 0.6 is 0 Å². The number of hydrogen-bond donors (Lipinski definition) is 0. The van der Waals surface area contributed by atoms with Crippen LogP contribution in [-0.4, -0.2) is 42.2 Å². The Bertz CT molecular complexity index is 558. The largest absolute Gasteiger partial charge is 0.296 e. The van der Waals surface area contributed by atoms with Crippen molar-refractivity contribution in [1.82, 2.24) is 9.80 Å². The molecule has 0 N–H and O–H groups in total. The molecule has 1 aliphatic rings. The smallest absolute Gasteiger partial charge is 0.106 e. The van der Waals surface area contributed by atoms with Gasteiger partial charge in [0.1, 0.15) is 6.67 Å². The first-order valence-electron chi connectivity index (χ1n) is 7.95. The van der Waals surface area contributed by atoms with Crippen LogP contribution in [0.5, 0.6) is 0 Å². The van der Waals surface area contributed by atoms with Gasteiger partial charge in [0.2, 0.25) is 0 Å². The molecule has 0 aromatic heterocycles. The van der Waals surface area contributed by atoms with E-state index in [0.717, 1.165) is 32.7 Å². The summed E-state index contributed by atoms with van der Waals surface area (Å²) >= 11 is 0. The number of alkyl halides is 1. The topological polar surface area (TPSA) is 6.48 Å². The molecule has 0 saturated carbocycles. The number of halogens is 1. The number of nitrogens with zero attached hydrogens (tertiary/aromatic N) is 2. The highest BCUT2D eigenvalue weighted by Gasteiger charge is 2.26. The molecule has 0 aliphatic carbocycles. The molecule has 0 bridgehead atoms. The molecule has 3 rings (SSSR count). The van der Waals surface area contributed by atoms with Crippen LogP contribution < -0.4 is 0 Å². The van der Waals surface area contributed by atoms with E-state index >= 15 is 0 Å². The zero-order valence-electron chi connectivity index (χ0n) is 12.9. The van der Waals surface area contributed by atoms with Crippen LogP contribution in [0.4, 0.5) is 4.39 Å². The lowest BCUT2D eigenvalue weighted by Crippen LogP contribution is -2.53. The SMILES string of the molecule is FC[C@@H]1CN(Cc2ccccc2)CCN1Cc1ccccc1. The van der Waals surface area contributed by atoms with Crippen LogP contribution in [0.2, 0.25) is 0 Å². The Morgan fingerprint density at radius 1 is 0.818 bits per heavy atom. The molecular weight excluding hydrogens is 275 g/mol. The van der Waals surface area contributed by atoms with Crippen molar-refractivity contribution in [3.8, 4) is 0 Å². The minimum Gasteiger partial charge on any atom is -0.296 e. The Labute approximate surface area is 132 Å². The minimum absolute atomic E-state index is 0.00216. The van der Waals surface area contributed by atoms with Crippen LogP contribution in [0.3, 0.4) is 0 Å². The van der Waals surface area contributed by atoms with E-state index in [1.165, 1.54) is 11.1 Å². The second-order valence-electron chi connectivity index (χ2n) is 5.98. The predicted molar refractivity (Wildman–Crippen MR) is 88.3 cm³/mol. The van der Waals surface area contributed by atoms with Gasteiger partial charge in [0.15, 0.2) is 0 Å². The average Bonchev–Trinajstić information content (AvgIpc) is 2.58. The zero-order chi connectivity index (χ0) is 15.2. The zero-order valence-corrected chi connectivity index (χ0v) is 12.9. The Kier molecular flexibility index (Phi) is 5.20. The molecule has 1 heterocycles. The maximum Gasteiger partial charge on any atom is 0.106 e. The van der Waals surface area contributed by atoms with Gasteiger partial charge in [-0.1, -0.05) is 60.7 Å². The quantitative estimate of drug-likeness (QED) is 0.835.